The van der Waals surface area contributed by atoms with Crippen molar-refractivity contribution >= 4 is 33.8 Å². The van der Waals surface area contributed by atoms with Gasteiger partial charge in [-0.05, 0) is 18.4 Å². The van der Waals surface area contributed by atoms with Crippen LogP contribution in [0.5, 0.6) is 0 Å². The Morgan fingerprint density at radius 3 is 2.95 bits per heavy atom. The number of carbonyl (C=O) groups is 1. The molecule has 0 aliphatic carbocycles. The number of aromatic nitrogens is 2. The lowest BCUT2D eigenvalue weighted by atomic mass is 10.1. The number of nitrogens with zero attached hydrogens (tertiary/aromatic N) is 2. The number of aryl methyl sites for hydroxylation is 1. The van der Waals surface area contributed by atoms with E-state index in [2.05, 4.69) is 15.3 Å². The molecule has 21 heavy (non-hydrogen) atoms. The molecule has 0 unspecified atom stereocenters. The summed E-state index contributed by atoms with van der Waals surface area (Å²) in [6.07, 6.45) is 1.79. The maximum atomic E-state index is 12.2. The van der Waals surface area contributed by atoms with Gasteiger partial charge < -0.3 is 11.1 Å². The van der Waals surface area contributed by atoms with Crippen LogP contribution >= 0.6 is 11.3 Å². The summed E-state index contributed by atoms with van der Waals surface area (Å²) in [5.74, 6) is 0.114. The van der Waals surface area contributed by atoms with E-state index in [1.54, 1.807) is 23.6 Å². The Bertz CT molecular complexity index is 812. The molecule has 0 saturated heterocycles. The van der Waals surface area contributed by atoms with Crippen molar-refractivity contribution in [2.45, 2.75) is 13.5 Å². The van der Waals surface area contributed by atoms with Crippen LogP contribution in [0.1, 0.15) is 20.4 Å². The first-order valence-electron chi connectivity index (χ1n) is 6.48. The van der Waals surface area contributed by atoms with E-state index in [0.29, 0.717) is 18.1 Å². The maximum Gasteiger partial charge on any atom is 0.270 e. The normalized spacial score (nSPS) is 10.7. The molecule has 0 radical (unpaired) electrons. The first-order valence-corrected chi connectivity index (χ1v) is 7.30. The highest BCUT2D eigenvalue weighted by molar-refractivity contribution is 7.11. The van der Waals surface area contributed by atoms with Crippen LogP contribution in [0.15, 0.2) is 36.5 Å². The summed E-state index contributed by atoms with van der Waals surface area (Å²) in [6, 6.07) is 9.34. The van der Waals surface area contributed by atoms with E-state index in [-0.39, 0.29) is 5.91 Å². The number of amides is 1. The van der Waals surface area contributed by atoms with Gasteiger partial charge in [-0.2, -0.15) is 0 Å². The smallest absolute Gasteiger partial charge is 0.270 e. The fourth-order valence-electron chi connectivity index (χ4n) is 2.07. The molecule has 0 fully saturated rings. The van der Waals surface area contributed by atoms with Gasteiger partial charge >= 0.3 is 0 Å². The lowest BCUT2D eigenvalue weighted by molar-refractivity contribution is 0.0946. The Hall–Kier alpha value is -2.47. The van der Waals surface area contributed by atoms with E-state index in [0.717, 1.165) is 20.7 Å². The van der Waals surface area contributed by atoms with Gasteiger partial charge in [0.15, 0.2) is 0 Å². The fourth-order valence-corrected chi connectivity index (χ4v) is 2.80. The number of pyridine rings is 1. The molecule has 0 aliphatic rings. The Kier molecular flexibility index (Phi) is 3.53. The summed E-state index contributed by atoms with van der Waals surface area (Å²) < 4.78 is 0. The van der Waals surface area contributed by atoms with Crippen LogP contribution in [-0.2, 0) is 6.54 Å². The fraction of sp³-hybridized carbons (Fsp3) is 0.133. The number of fused-ring (bicyclic) bond motifs is 1. The molecule has 0 bridgehead atoms. The van der Waals surface area contributed by atoms with Crippen LogP contribution in [-0.4, -0.2) is 15.9 Å². The zero-order valence-electron chi connectivity index (χ0n) is 11.5. The van der Waals surface area contributed by atoms with Gasteiger partial charge in [0.05, 0.1) is 6.54 Å². The number of nitrogens with two attached hydrogens (primary N) is 1. The number of rotatable bonds is 3. The quantitative estimate of drug-likeness (QED) is 0.778. The van der Waals surface area contributed by atoms with Crippen LogP contribution in [0.25, 0.3) is 10.8 Å². The number of nitrogens with one attached hydrogen (secondary N) is 1. The van der Waals surface area contributed by atoms with Crippen molar-refractivity contribution in [3.63, 3.8) is 0 Å². The summed E-state index contributed by atoms with van der Waals surface area (Å²) in [5, 5.41) is 5.44. The number of benzene rings is 1. The van der Waals surface area contributed by atoms with Gasteiger partial charge in [0.25, 0.3) is 5.91 Å². The molecule has 2 heterocycles. The van der Waals surface area contributed by atoms with Crippen LogP contribution in [0.2, 0.25) is 0 Å². The Balaban J connectivity index is 1.81. The minimum atomic E-state index is -0.250. The predicted molar refractivity (Wildman–Crippen MR) is 84.2 cm³/mol. The number of hydrogen-bond donors (Lipinski definition) is 2. The highest BCUT2D eigenvalue weighted by Crippen LogP contribution is 2.20. The van der Waals surface area contributed by atoms with Crippen molar-refractivity contribution in [3.8, 4) is 0 Å². The van der Waals surface area contributed by atoms with Gasteiger partial charge in [-0.3, -0.25) is 4.79 Å². The second kappa shape index (κ2) is 5.49. The Morgan fingerprint density at radius 2 is 2.19 bits per heavy atom. The summed E-state index contributed by atoms with van der Waals surface area (Å²) >= 11 is 1.56. The minimum Gasteiger partial charge on any atom is -0.383 e. The first kappa shape index (κ1) is 13.5. The Labute approximate surface area is 125 Å². The topological polar surface area (TPSA) is 80.9 Å². The largest absolute Gasteiger partial charge is 0.383 e. The van der Waals surface area contributed by atoms with Crippen LogP contribution in [0, 0.1) is 6.92 Å². The molecular formula is C15H14N4OS. The molecule has 3 rings (SSSR count). The lowest BCUT2D eigenvalue weighted by Gasteiger charge is -2.06. The summed E-state index contributed by atoms with van der Waals surface area (Å²) in [4.78, 5) is 21.7. The predicted octanol–water partition coefficient (Wildman–Crippen LogP) is 2.51. The molecule has 106 valence electrons. The van der Waals surface area contributed by atoms with Crippen molar-refractivity contribution in [1.82, 2.24) is 15.3 Å². The molecule has 2 aromatic heterocycles. The summed E-state index contributed by atoms with van der Waals surface area (Å²) in [6.45, 7) is 2.38. The zero-order chi connectivity index (χ0) is 14.8. The minimum absolute atomic E-state index is 0.250. The van der Waals surface area contributed by atoms with Crippen molar-refractivity contribution in [2.75, 3.05) is 5.73 Å². The van der Waals surface area contributed by atoms with E-state index in [1.807, 2.05) is 31.2 Å². The third-order valence-electron chi connectivity index (χ3n) is 3.07. The highest BCUT2D eigenvalue weighted by Gasteiger charge is 2.11. The second-order valence-corrected chi connectivity index (χ2v) is 5.98. The molecule has 3 N–H and O–H groups in total. The standard InChI is InChI=1S/C15H14N4OS/c1-9-7-17-13(21-9)8-18-15(20)12-6-10-4-2-3-5-11(10)14(16)19-12/h2-7H,8H2,1H3,(H2,16,19)(H,18,20). The van der Waals surface area contributed by atoms with Crippen molar-refractivity contribution in [1.29, 1.82) is 0 Å². The van der Waals surface area contributed by atoms with Crippen molar-refractivity contribution in [2.24, 2.45) is 0 Å². The molecule has 1 amide bonds. The van der Waals surface area contributed by atoms with Gasteiger partial charge in [-0.15, -0.1) is 11.3 Å². The van der Waals surface area contributed by atoms with Crippen molar-refractivity contribution in [3.05, 3.63) is 52.1 Å². The SMILES string of the molecule is Cc1cnc(CNC(=O)c2cc3ccccc3c(N)n2)s1. The van der Waals surface area contributed by atoms with E-state index in [9.17, 15) is 4.79 Å². The molecule has 6 heteroatoms. The number of anilines is 1. The molecule has 0 aliphatic heterocycles. The summed E-state index contributed by atoms with van der Waals surface area (Å²) in [7, 11) is 0. The van der Waals surface area contributed by atoms with E-state index >= 15 is 0 Å². The molecule has 0 spiro atoms. The van der Waals surface area contributed by atoms with Crippen LogP contribution in [0.3, 0.4) is 0 Å². The van der Waals surface area contributed by atoms with Gasteiger partial charge in [0, 0.05) is 16.5 Å². The average molecular weight is 298 g/mol. The zero-order valence-corrected chi connectivity index (χ0v) is 12.3. The highest BCUT2D eigenvalue weighted by atomic mass is 32.1. The molecule has 0 atom stereocenters. The van der Waals surface area contributed by atoms with Gasteiger partial charge in [-0.1, -0.05) is 24.3 Å². The van der Waals surface area contributed by atoms with E-state index in [1.165, 1.54) is 0 Å². The molecule has 5 nitrogen and oxygen atoms in total. The monoisotopic (exact) mass is 298 g/mol. The summed E-state index contributed by atoms with van der Waals surface area (Å²) in [5.41, 5.74) is 6.22. The maximum absolute atomic E-state index is 12.2. The van der Waals surface area contributed by atoms with Gasteiger partial charge in [0.2, 0.25) is 0 Å². The molecule has 1 aromatic carbocycles. The molecule has 0 saturated carbocycles. The molecule has 3 aromatic rings. The van der Waals surface area contributed by atoms with Crippen LogP contribution < -0.4 is 11.1 Å². The first-order chi connectivity index (χ1) is 10.1. The van der Waals surface area contributed by atoms with Gasteiger partial charge in [0.1, 0.15) is 16.5 Å². The number of hydrogen-bond acceptors (Lipinski definition) is 5. The molecular weight excluding hydrogens is 284 g/mol. The van der Waals surface area contributed by atoms with Crippen LogP contribution in [0.4, 0.5) is 5.82 Å². The lowest BCUT2D eigenvalue weighted by Crippen LogP contribution is -2.24. The average Bonchev–Trinajstić information content (AvgIpc) is 2.90. The number of carbonyl (C=O) groups excluding carboxylic acids is 1. The van der Waals surface area contributed by atoms with Crippen molar-refractivity contribution < 1.29 is 4.79 Å². The van der Waals surface area contributed by atoms with Gasteiger partial charge in [-0.25, -0.2) is 9.97 Å². The number of nitrogen functional groups attached to an aromatic ring is 1. The second-order valence-electron chi connectivity index (χ2n) is 4.66. The van der Waals surface area contributed by atoms with E-state index in [4.69, 9.17) is 5.73 Å². The third kappa shape index (κ3) is 2.85. The number of thiazole rings is 1. The third-order valence-corrected chi connectivity index (χ3v) is 3.98. The van der Waals surface area contributed by atoms with E-state index < -0.39 is 0 Å². The Morgan fingerprint density at radius 1 is 1.38 bits per heavy atom.